The number of carbonyl (C=O) groups excluding carboxylic acids is 7. The number of carbonyl (C=O) groups is 7. The Morgan fingerprint density at radius 2 is 1.11 bits per heavy atom. The lowest BCUT2D eigenvalue weighted by Crippen LogP contribution is -2.64. The maximum atomic E-state index is 14.6. The van der Waals surface area contributed by atoms with Gasteiger partial charge in [-0.15, -0.1) is 0 Å². The first kappa shape index (κ1) is 46.0. The number of Topliss-reactive ketones (excluding diaryl/α,β-unsaturated/α-hetero) is 1. The van der Waals surface area contributed by atoms with E-state index in [1.807, 2.05) is 12.1 Å². The fraction of sp³-hybridized carbons (Fsp3) is 0.537. The lowest BCUT2D eigenvalue weighted by atomic mass is 9.95. The Morgan fingerprint density at radius 1 is 0.636 bits per heavy atom. The molecule has 5 amide bonds. The largest absolute Gasteiger partial charge is 0.459 e. The van der Waals surface area contributed by atoms with Gasteiger partial charge >= 0.3 is 12.1 Å². The first-order chi connectivity index (χ1) is 25.9. The summed E-state index contributed by atoms with van der Waals surface area (Å²) < 4.78 is 10.8. The average molecular weight is 766 g/mol. The van der Waals surface area contributed by atoms with Gasteiger partial charge in [-0.1, -0.05) is 123 Å². The molecule has 5 N–H and O–H groups in total. The molecule has 0 spiro atoms. The van der Waals surface area contributed by atoms with Crippen molar-refractivity contribution in [3.05, 3.63) is 71.8 Å². The van der Waals surface area contributed by atoms with E-state index in [9.17, 15) is 33.6 Å². The predicted octanol–water partition coefficient (Wildman–Crippen LogP) is 4.04. The predicted molar refractivity (Wildman–Crippen MR) is 207 cm³/mol. The van der Waals surface area contributed by atoms with Crippen LogP contribution in [-0.4, -0.2) is 76.6 Å². The molecule has 0 heterocycles. The zero-order valence-corrected chi connectivity index (χ0v) is 33.5. The van der Waals surface area contributed by atoms with E-state index in [1.165, 1.54) is 0 Å². The van der Waals surface area contributed by atoms with Gasteiger partial charge in [0.1, 0.15) is 37.4 Å². The second kappa shape index (κ2) is 22.3. The summed E-state index contributed by atoms with van der Waals surface area (Å²) in [5.74, 6) is -7.72. The summed E-state index contributed by atoms with van der Waals surface area (Å²) in [7, 11) is 0. The molecule has 2 rings (SSSR count). The van der Waals surface area contributed by atoms with Crippen molar-refractivity contribution < 1.29 is 43.0 Å². The molecule has 14 nitrogen and oxygen atoms in total. The van der Waals surface area contributed by atoms with Crippen LogP contribution >= 0.6 is 0 Å². The number of alkyl carbamates (subject to hydrolysis) is 1. The first-order valence-corrected chi connectivity index (χ1v) is 18.8. The van der Waals surface area contributed by atoms with Crippen LogP contribution in [-0.2, 0) is 51.5 Å². The molecule has 0 unspecified atom stereocenters. The van der Waals surface area contributed by atoms with Crippen molar-refractivity contribution in [2.45, 2.75) is 119 Å². The zero-order chi connectivity index (χ0) is 41.4. The van der Waals surface area contributed by atoms with Gasteiger partial charge in [0.15, 0.2) is 0 Å². The van der Waals surface area contributed by atoms with Crippen LogP contribution in [0.1, 0.15) is 86.3 Å². The number of benzene rings is 2. The second-order valence-electron chi connectivity index (χ2n) is 15.0. The molecule has 2 aromatic rings. The minimum Gasteiger partial charge on any atom is -0.459 e. The van der Waals surface area contributed by atoms with Gasteiger partial charge < -0.3 is 31.2 Å². The van der Waals surface area contributed by atoms with Gasteiger partial charge in [-0.25, -0.2) is 9.59 Å². The minimum absolute atomic E-state index is 0.0427. The molecule has 302 valence electrons. The van der Waals surface area contributed by atoms with Crippen LogP contribution in [0, 0.1) is 23.7 Å². The quantitative estimate of drug-likeness (QED) is 0.113. The SMILES string of the molecule is CC[C@H](N)C(=O)C(=O)N(C(=O)[C@@H](NC(=O)[C@@H](NC(=O)OCc1ccccc1)C(C)C)C(C)C)[C@H](CC(C)C)C(=O)N[C@H](C(=O)OCc1ccccc1)C(C)C. The summed E-state index contributed by atoms with van der Waals surface area (Å²) >= 11 is 0. The lowest BCUT2D eigenvalue weighted by molar-refractivity contribution is -0.160. The number of imide groups is 1. The van der Waals surface area contributed by atoms with E-state index >= 15 is 0 Å². The van der Waals surface area contributed by atoms with Gasteiger partial charge in [0.05, 0.1) is 6.04 Å². The van der Waals surface area contributed by atoms with Crippen molar-refractivity contribution in [1.29, 1.82) is 0 Å². The summed E-state index contributed by atoms with van der Waals surface area (Å²) in [6.45, 7) is 15.0. The van der Waals surface area contributed by atoms with E-state index in [4.69, 9.17) is 15.2 Å². The fourth-order valence-electron chi connectivity index (χ4n) is 5.53. The molecule has 0 aromatic heterocycles. The average Bonchev–Trinajstić information content (AvgIpc) is 3.15. The first-order valence-electron chi connectivity index (χ1n) is 18.8. The molecular formula is C41H59N5O9. The highest BCUT2D eigenvalue weighted by molar-refractivity contribution is 6.41. The molecule has 0 aliphatic rings. The number of nitrogens with one attached hydrogen (secondary N) is 3. The summed E-state index contributed by atoms with van der Waals surface area (Å²) in [6.07, 6.45) is -0.885. The van der Waals surface area contributed by atoms with Gasteiger partial charge in [-0.2, -0.15) is 0 Å². The molecule has 0 radical (unpaired) electrons. The molecule has 14 heteroatoms. The summed E-state index contributed by atoms with van der Waals surface area (Å²) in [6, 6.07) is 11.3. The molecule has 55 heavy (non-hydrogen) atoms. The molecule has 5 atom stereocenters. The lowest BCUT2D eigenvalue weighted by Gasteiger charge is -2.35. The topological polar surface area (TPSA) is 203 Å². The Morgan fingerprint density at radius 3 is 1.56 bits per heavy atom. The van der Waals surface area contributed by atoms with E-state index in [1.54, 1.807) is 111 Å². The van der Waals surface area contributed by atoms with Crippen molar-refractivity contribution in [3.8, 4) is 0 Å². The Balaban J connectivity index is 2.47. The van der Waals surface area contributed by atoms with E-state index in [-0.39, 0.29) is 32.0 Å². The van der Waals surface area contributed by atoms with Crippen LogP contribution in [0.3, 0.4) is 0 Å². The molecule has 0 saturated carbocycles. The van der Waals surface area contributed by atoms with Crippen LogP contribution in [0.2, 0.25) is 0 Å². The van der Waals surface area contributed by atoms with E-state index in [0.29, 0.717) is 4.90 Å². The molecule has 0 bridgehead atoms. The van der Waals surface area contributed by atoms with Crippen molar-refractivity contribution >= 4 is 41.5 Å². The van der Waals surface area contributed by atoms with Crippen molar-refractivity contribution in [1.82, 2.24) is 20.9 Å². The molecule has 0 aliphatic carbocycles. The van der Waals surface area contributed by atoms with Gasteiger partial charge in [-0.3, -0.25) is 28.9 Å². The molecule has 0 fully saturated rings. The third-order valence-electron chi connectivity index (χ3n) is 8.86. The summed E-state index contributed by atoms with van der Waals surface area (Å²) in [4.78, 5) is 96.6. The highest BCUT2D eigenvalue weighted by Crippen LogP contribution is 2.20. The number of nitrogens with zero attached hydrogens (tertiary/aromatic N) is 1. The minimum atomic E-state index is -1.58. The Bertz CT molecular complexity index is 1600. The van der Waals surface area contributed by atoms with Crippen LogP contribution in [0.4, 0.5) is 4.79 Å². The molecule has 2 aromatic carbocycles. The number of hydrogen-bond acceptors (Lipinski definition) is 10. The van der Waals surface area contributed by atoms with Crippen LogP contribution in [0.5, 0.6) is 0 Å². The molecular weight excluding hydrogens is 706 g/mol. The maximum Gasteiger partial charge on any atom is 0.408 e. The molecule has 0 aliphatic heterocycles. The van der Waals surface area contributed by atoms with E-state index < -0.39 is 89.4 Å². The fourth-order valence-corrected chi connectivity index (χ4v) is 5.53. The standard InChI is InChI=1S/C41H59N5O9/c1-10-30(42)35(47)39(51)46(31(21-24(2)3)36(48)44-34(27(8)9)40(52)54-22-28-17-13-11-14-18-28)38(50)33(26(6)7)43-37(49)32(25(4)5)45-41(53)55-23-29-19-15-12-16-20-29/h11-20,24-27,30-34H,10,21-23,42H2,1-9H3,(H,43,49)(H,44,48)(H,45,53)/t30-,31+,32-,33-,34-/m0/s1. The molecule has 0 saturated heterocycles. The zero-order valence-electron chi connectivity index (χ0n) is 33.5. The van der Waals surface area contributed by atoms with Crippen LogP contribution < -0.4 is 21.7 Å². The van der Waals surface area contributed by atoms with Gasteiger partial charge in [0.25, 0.3) is 11.8 Å². The number of rotatable bonds is 20. The number of amides is 5. The van der Waals surface area contributed by atoms with Crippen molar-refractivity contribution in [3.63, 3.8) is 0 Å². The number of esters is 1. The Kier molecular flexibility index (Phi) is 18.7. The summed E-state index contributed by atoms with van der Waals surface area (Å²) in [5, 5.41) is 7.87. The highest BCUT2D eigenvalue weighted by atomic mass is 16.5. The highest BCUT2D eigenvalue weighted by Gasteiger charge is 2.44. The van der Waals surface area contributed by atoms with Crippen molar-refractivity contribution in [2.24, 2.45) is 29.4 Å². The van der Waals surface area contributed by atoms with E-state index in [2.05, 4.69) is 16.0 Å². The van der Waals surface area contributed by atoms with Gasteiger partial charge in [-0.05, 0) is 47.6 Å². The number of hydrogen-bond donors (Lipinski definition) is 4. The monoisotopic (exact) mass is 765 g/mol. The summed E-state index contributed by atoms with van der Waals surface area (Å²) in [5.41, 5.74) is 7.45. The third-order valence-corrected chi connectivity index (χ3v) is 8.86. The van der Waals surface area contributed by atoms with Gasteiger partial charge in [0, 0.05) is 0 Å². The normalized spacial score (nSPS) is 14.0. The number of ketones is 1. The maximum absolute atomic E-state index is 14.6. The smallest absolute Gasteiger partial charge is 0.408 e. The second-order valence-corrected chi connectivity index (χ2v) is 15.0. The Hall–Kier alpha value is -5.11. The Labute approximate surface area is 324 Å². The third kappa shape index (κ3) is 14.2. The number of ether oxygens (including phenoxy) is 2. The number of nitrogens with two attached hydrogens (primary N) is 1. The van der Waals surface area contributed by atoms with E-state index in [0.717, 1.165) is 11.1 Å². The van der Waals surface area contributed by atoms with Crippen LogP contribution in [0.15, 0.2) is 60.7 Å². The van der Waals surface area contributed by atoms with Gasteiger partial charge in [0.2, 0.25) is 17.6 Å². The van der Waals surface area contributed by atoms with Crippen LogP contribution in [0.25, 0.3) is 0 Å². The van der Waals surface area contributed by atoms with Crippen molar-refractivity contribution in [2.75, 3.05) is 0 Å².